The fourth-order valence-corrected chi connectivity index (χ4v) is 2.91. The number of hydrogen-bond acceptors (Lipinski definition) is 4. The molecule has 6 heteroatoms. The number of nitrogens with zero attached hydrogens (tertiary/aromatic N) is 3. The van der Waals surface area contributed by atoms with E-state index in [1.807, 2.05) is 11.1 Å². The summed E-state index contributed by atoms with van der Waals surface area (Å²) in [6.07, 6.45) is 6.30. The van der Waals surface area contributed by atoms with Gasteiger partial charge in [0.25, 0.3) is 0 Å². The molecule has 1 aliphatic heterocycles. The lowest BCUT2D eigenvalue weighted by atomic mass is 10.1. The van der Waals surface area contributed by atoms with Gasteiger partial charge in [-0.3, -0.25) is 9.69 Å². The molecule has 0 radical (unpaired) electrons. The van der Waals surface area contributed by atoms with Crippen molar-refractivity contribution in [3.63, 3.8) is 0 Å². The van der Waals surface area contributed by atoms with Crippen LogP contribution in [0.4, 0.5) is 0 Å². The maximum Gasteiger partial charge on any atom is 0.223 e. The van der Waals surface area contributed by atoms with Crippen molar-refractivity contribution in [1.29, 1.82) is 0 Å². The average molecular weight is 296 g/mol. The van der Waals surface area contributed by atoms with Gasteiger partial charge in [0.2, 0.25) is 5.91 Å². The van der Waals surface area contributed by atoms with Crippen molar-refractivity contribution in [3.05, 3.63) is 18.2 Å². The largest absolute Gasteiger partial charge is 0.347 e. The summed E-state index contributed by atoms with van der Waals surface area (Å²) < 4.78 is 0. The van der Waals surface area contributed by atoms with Crippen LogP contribution in [-0.2, 0) is 4.79 Å². The van der Waals surface area contributed by atoms with E-state index >= 15 is 0 Å². The van der Waals surface area contributed by atoms with Crippen LogP contribution in [0.3, 0.4) is 0 Å². The summed E-state index contributed by atoms with van der Waals surface area (Å²) >= 11 is 1.74. The lowest BCUT2D eigenvalue weighted by Gasteiger charge is -2.40. The van der Waals surface area contributed by atoms with Crippen molar-refractivity contribution in [1.82, 2.24) is 19.8 Å². The Kier molecular flexibility index (Phi) is 5.48. The molecule has 112 valence electrons. The highest BCUT2D eigenvalue weighted by atomic mass is 32.2. The van der Waals surface area contributed by atoms with Gasteiger partial charge in [0, 0.05) is 43.7 Å². The number of nitrogens with one attached hydrogen (secondary N) is 1. The van der Waals surface area contributed by atoms with Gasteiger partial charge in [-0.15, -0.1) is 0 Å². The first-order valence-electron chi connectivity index (χ1n) is 7.19. The van der Waals surface area contributed by atoms with Gasteiger partial charge in [-0.2, -0.15) is 11.8 Å². The Morgan fingerprint density at radius 2 is 2.40 bits per heavy atom. The van der Waals surface area contributed by atoms with E-state index in [4.69, 9.17) is 0 Å². The molecule has 0 bridgehead atoms. The highest BCUT2D eigenvalue weighted by Gasteiger charge is 2.31. The van der Waals surface area contributed by atoms with E-state index in [1.165, 1.54) is 0 Å². The van der Waals surface area contributed by atoms with Gasteiger partial charge in [0.15, 0.2) is 0 Å². The van der Waals surface area contributed by atoms with Crippen LogP contribution in [0.5, 0.6) is 0 Å². The fraction of sp³-hybridized carbons (Fsp3) is 0.714. The van der Waals surface area contributed by atoms with Crippen molar-refractivity contribution in [2.75, 3.05) is 32.4 Å². The number of carbonyl (C=O) groups excluding carboxylic acids is 1. The third-order valence-corrected chi connectivity index (χ3v) is 4.92. The predicted molar refractivity (Wildman–Crippen MR) is 82.7 cm³/mol. The monoisotopic (exact) mass is 296 g/mol. The molecule has 1 aromatic heterocycles. The summed E-state index contributed by atoms with van der Waals surface area (Å²) in [4.78, 5) is 24.3. The zero-order valence-corrected chi connectivity index (χ0v) is 13.3. The summed E-state index contributed by atoms with van der Waals surface area (Å²) in [6.45, 7) is 7.72. The Labute approximate surface area is 125 Å². The molecule has 0 aromatic carbocycles. The number of likely N-dealkylation sites (N-methyl/N-ethyl adjacent to an activating group) is 1. The van der Waals surface area contributed by atoms with E-state index in [0.717, 1.165) is 32.0 Å². The van der Waals surface area contributed by atoms with Crippen molar-refractivity contribution >= 4 is 17.7 Å². The predicted octanol–water partition coefficient (Wildman–Crippen LogP) is 1.76. The zero-order valence-electron chi connectivity index (χ0n) is 12.5. The highest BCUT2D eigenvalue weighted by molar-refractivity contribution is 7.99. The van der Waals surface area contributed by atoms with Gasteiger partial charge >= 0.3 is 0 Å². The molecular formula is C14H24N4OS. The zero-order chi connectivity index (χ0) is 14.5. The van der Waals surface area contributed by atoms with Crippen LogP contribution in [0.2, 0.25) is 0 Å². The van der Waals surface area contributed by atoms with E-state index < -0.39 is 0 Å². The lowest BCUT2D eigenvalue weighted by Crippen LogP contribution is -2.50. The summed E-state index contributed by atoms with van der Waals surface area (Å²) in [7, 11) is 0. The number of imidazole rings is 1. The number of amides is 1. The normalized spacial score (nSPS) is 21.9. The molecule has 2 unspecified atom stereocenters. The first-order valence-corrected chi connectivity index (χ1v) is 8.48. The quantitative estimate of drug-likeness (QED) is 0.899. The van der Waals surface area contributed by atoms with Crippen LogP contribution < -0.4 is 0 Å². The van der Waals surface area contributed by atoms with Gasteiger partial charge in [0.1, 0.15) is 5.82 Å². The minimum Gasteiger partial charge on any atom is -0.347 e. The third kappa shape index (κ3) is 3.55. The minimum atomic E-state index is 0.192. The molecule has 20 heavy (non-hydrogen) atoms. The molecule has 0 saturated carbocycles. The molecule has 1 saturated heterocycles. The minimum absolute atomic E-state index is 0.192. The number of rotatable bonds is 5. The molecule has 1 amide bonds. The van der Waals surface area contributed by atoms with Crippen LogP contribution in [-0.4, -0.2) is 63.4 Å². The van der Waals surface area contributed by atoms with E-state index in [2.05, 4.69) is 35.0 Å². The third-order valence-electron chi connectivity index (χ3n) is 3.95. The first kappa shape index (κ1) is 15.4. The number of thioether (sulfide) groups is 1. The van der Waals surface area contributed by atoms with E-state index in [-0.39, 0.29) is 11.9 Å². The van der Waals surface area contributed by atoms with Crippen LogP contribution in [0, 0.1) is 0 Å². The summed E-state index contributed by atoms with van der Waals surface area (Å²) in [5.41, 5.74) is 0. The maximum atomic E-state index is 12.3. The van der Waals surface area contributed by atoms with Crippen LogP contribution in [0.15, 0.2) is 12.4 Å². The maximum absolute atomic E-state index is 12.3. The second-order valence-electron chi connectivity index (χ2n) is 5.21. The molecule has 1 N–H and O–H groups in total. The topological polar surface area (TPSA) is 52.2 Å². The molecular weight excluding hydrogens is 272 g/mol. The first-order chi connectivity index (χ1) is 9.65. The van der Waals surface area contributed by atoms with Crippen molar-refractivity contribution in [3.8, 4) is 0 Å². The number of piperazine rings is 1. The molecule has 2 atom stereocenters. The Bertz CT molecular complexity index is 423. The Balaban J connectivity index is 2.02. The SMILES string of the molecule is CCN1CCN(C(=O)CC(C)SC)CC1c1ncc[nH]1. The average Bonchev–Trinajstić information content (AvgIpc) is 3.00. The molecule has 1 aromatic rings. The fourth-order valence-electron chi connectivity index (χ4n) is 2.60. The number of aromatic nitrogens is 2. The van der Waals surface area contributed by atoms with E-state index in [0.29, 0.717) is 11.7 Å². The van der Waals surface area contributed by atoms with Gasteiger partial charge < -0.3 is 9.88 Å². The van der Waals surface area contributed by atoms with Crippen LogP contribution >= 0.6 is 11.8 Å². The second kappa shape index (κ2) is 7.13. The number of aromatic amines is 1. The molecule has 2 heterocycles. The molecule has 0 spiro atoms. The van der Waals surface area contributed by atoms with E-state index in [1.54, 1.807) is 18.0 Å². The summed E-state index contributed by atoms with van der Waals surface area (Å²) in [6, 6.07) is 0.192. The second-order valence-corrected chi connectivity index (χ2v) is 6.49. The van der Waals surface area contributed by atoms with Gasteiger partial charge in [0.05, 0.1) is 6.04 Å². The molecule has 0 aliphatic carbocycles. The molecule has 5 nitrogen and oxygen atoms in total. The number of carbonyl (C=O) groups is 1. The van der Waals surface area contributed by atoms with Gasteiger partial charge in [-0.25, -0.2) is 4.98 Å². The van der Waals surface area contributed by atoms with Gasteiger partial charge in [-0.1, -0.05) is 13.8 Å². The summed E-state index contributed by atoms with van der Waals surface area (Å²) in [5, 5.41) is 0.383. The highest BCUT2D eigenvalue weighted by Crippen LogP contribution is 2.23. The van der Waals surface area contributed by atoms with Crippen LogP contribution in [0.1, 0.15) is 32.1 Å². The molecule has 2 rings (SSSR count). The Hall–Kier alpha value is -1.01. The Morgan fingerprint density at radius 3 is 3.00 bits per heavy atom. The van der Waals surface area contributed by atoms with Crippen LogP contribution in [0.25, 0.3) is 0 Å². The Morgan fingerprint density at radius 1 is 1.60 bits per heavy atom. The molecule has 1 fully saturated rings. The van der Waals surface area contributed by atoms with Crippen molar-refractivity contribution < 1.29 is 4.79 Å². The number of H-pyrrole nitrogens is 1. The number of hydrogen-bond donors (Lipinski definition) is 1. The molecule has 1 aliphatic rings. The lowest BCUT2D eigenvalue weighted by molar-refractivity contribution is -0.134. The van der Waals surface area contributed by atoms with E-state index in [9.17, 15) is 4.79 Å². The van der Waals surface area contributed by atoms with Crippen molar-refractivity contribution in [2.24, 2.45) is 0 Å². The van der Waals surface area contributed by atoms with Gasteiger partial charge in [-0.05, 0) is 12.8 Å². The summed E-state index contributed by atoms with van der Waals surface area (Å²) in [5.74, 6) is 1.22. The standard InChI is InChI=1S/C14H24N4OS/c1-4-17-7-8-18(13(19)9-11(2)20-3)10-12(17)14-15-5-6-16-14/h5-6,11-12H,4,7-10H2,1-3H3,(H,15,16). The smallest absolute Gasteiger partial charge is 0.223 e. The van der Waals surface area contributed by atoms with Crippen molar-refractivity contribution in [2.45, 2.75) is 31.6 Å².